The Kier molecular flexibility index (Phi) is 3.57. The SMILES string of the molecule is O=C(Cn1ccc(=O)[nH]c1=O)c1cccc(Br)c1. The number of Topliss-reactive ketones (excluding diaryl/α,β-unsaturated/α-hetero) is 1. The Morgan fingerprint density at radius 3 is 2.72 bits per heavy atom. The Labute approximate surface area is 110 Å². The molecule has 0 atom stereocenters. The average Bonchev–Trinajstić information content (AvgIpc) is 2.32. The van der Waals surface area contributed by atoms with Crippen LogP contribution in [0.2, 0.25) is 0 Å². The van der Waals surface area contributed by atoms with E-state index in [9.17, 15) is 14.4 Å². The lowest BCUT2D eigenvalue weighted by molar-refractivity contribution is 0.0970. The molecule has 18 heavy (non-hydrogen) atoms. The summed E-state index contributed by atoms with van der Waals surface area (Å²) in [6.45, 7) is -0.105. The summed E-state index contributed by atoms with van der Waals surface area (Å²) >= 11 is 3.27. The van der Waals surface area contributed by atoms with Crippen molar-refractivity contribution in [3.05, 3.63) is 67.4 Å². The Morgan fingerprint density at radius 1 is 1.28 bits per heavy atom. The van der Waals surface area contributed by atoms with Crippen molar-refractivity contribution in [2.45, 2.75) is 6.54 Å². The maximum atomic E-state index is 11.9. The minimum absolute atomic E-state index is 0.105. The standard InChI is InChI=1S/C12H9BrN2O3/c13-9-3-1-2-8(6-9)10(16)7-15-5-4-11(17)14-12(15)18/h1-6H,7H2,(H,14,17,18). The van der Waals surface area contributed by atoms with Crippen molar-refractivity contribution in [1.82, 2.24) is 9.55 Å². The van der Waals surface area contributed by atoms with Crippen molar-refractivity contribution in [2.24, 2.45) is 0 Å². The summed E-state index contributed by atoms with van der Waals surface area (Å²) in [7, 11) is 0. The van der Waals surface area contributed by atoms with Gasteiger partial charge in [-0.15, -0.1) is 0 Å². The number of nitrogens with zero attached hydrogens (tertiary/aromatic N) is 1. The number of benzene rings is 1. The van der Waals surface area contributed by atoms with Crippen LogP contribution in [0.4, 0.5) is 0 Å². The molecule has 0 fully saturated rings. The molecule has 1 heterocycles. The van der Waals surface area contributed by atoms with Crippen LogP contribution in [0.5, 0.6) is 0 Å². The molecule has 0 aliphatic carbocycles. The third kappa shape index (κ3) is 2.84. The van der Waals surface area contributed by atoms with Crippen LogP contribution in [0.3, 0.4) is 0 Å². The lowest BCUT2D eigenvalue weighted by atomic mass is 10.1. The molecule has 0 saturated carbocycles. The summed E-state index contributed by atoms with van der Waals surface area (Å²) in [6.07, 6.45) is 1.30. The number of hydrogen-bond acceptors (Lipinski definition) is 3. The number of carbonyl (C=O) groups excluding carboxylic acids is 1. The zero-order valence-electron chi connectivity index (χ0n) is 9.22. The van der Waals surface area contributed by atoms with Crippen molar-refractivity contribution in [2.75, 3.05) is 0 Å². The van der Waals surface area contributed by atoms with Gasteiger partial charge in [0.15, 0.2) is 5.78 Å². The van der Waals surface area contributed by atoms with Gasteiger partial charge < -0.3 is 0 Å². The molecule has 0 spiro atoms. The van der Waals surface area contributed by atoms with Gasteiger partial charge >= 0.3 is 5.69 Å². The van der Waals surface area contributed by atoms with Gasteiger partial charge in [0.25, 0.3) is 5.56 Å². The molecule has 2 aromatic rings. The fourth-order valence-electron chi connectivity index (χ4n) is 1.48. The van der Waals surface area contributed by atoms with Gasteiger partial charge in [-0.1, -0.05) is 28.1 Å². The van der Waals surface area contributed by atoms with Gasteiger partial charge in [0.05, 0.1) is 6.54 Å². The first kappa shape index (κ1) is 12.5. The van der Waals surface area contributed by atoms with E-state index in [1.165, 1.54) is 12.3 Å². The zero-order chi connectivity index (χ0) is 13.1. The van der Waals surface area contributed by atoms with Crippen LogP contribution in [0.1, 0.15) is 10.4 Å². The third-order valence-corrected chi connectivity index (χ3v) is 2.85. The predicted octanol–water partition coefficient (Wildman–Crippen LogP) is 1.18. The lowest BCUT2D eigenvalue weighted by Crippen LogP contribution is -2.30. The molecule has 0 aliphatic rings. The first-order valence-electron chi connectivity index (χ1n) is 5.15. The van der Waals surface area contributed by atoms with Crippen LogP contribution in [0, 0.1) is 0 Å². The smallest absolute Gasteiger partial charge is 0.293 e. The topological polar surface area (TPSA) is 71.9 Å². The molecule has 5 nitrogen and oxygen atoms in total. The van der Waals surface area contributed by atoms with Crippen molar-refractivity contribution in [3.8, 4) is 0 Å². The van der Waals surface area contributed by atoms with Crippen LogP contribution in [-0.2, 0) is 6.54 Å². The Morgan fingerprint density at radius 2 is 2.06 bits per heavy atom. The van der Waals surface area contributed by atoms with Crippen LogP contribution in [-0.4, -0.2) is 15.3 Å². The van der Waals surface area contributed by atoms with Gasteiger partial charge in [-0.2, -0.15) is 0 Å². The number of aromatic nitrogens is 2. The molecule has 0 radical (unpaired) electrons. The number of H-pyrrole nitrogens is 1. The van der Waals surface area contributed by atoms with Gasteiger partial charge in [0.1, 0.15) is 0 Å². The lowest BCUT2D eigenvalue weighted by Gasteiger charge is -2.04. The molecule has 92 valence electrons. The molecule has 0 aliphatic heterocycles. The summed E-state index contributed by atoms with van der Waals surface area (Å²) in [6, 6.07) is 8.11. The van der Waals surface area contributed by atoms with E-state index < -0.39 is 11.2 Å². The van der Waals surface area contributed by atoms with E-state index in [0.29, 0.717) is 5.56 Å². The van der Waals surface area contributed by atoms with Crippen molar-refractivity contribution >= 4 is 21.7 Å². The van der Waals surface area contributed by atoms with Gasteiger partial charge in [-0.3, -0.25) is 19.1 Å². The minimum atomic E-state index is -0.592. The highest BCUT2D eigenvalue weighted by atomic mass is 79.9. The largest absolute Gasteiger partial charge is 0.328 e. The highest BCUT2D eigenvalue weighted by Gasteiger charge is 2.08. The Balaban J connectivity index is 2.27. The summed E-state index contributed by atoms with van der Waals surface area (Å²) in [5, 5.41) is 0. The highest BCUT2D eigenvalue weighted by Crippen LogP contribution is 2.12. The quantitative estimate of drug-likeness (QED) is 0.866. The molecule has 0 saturated heterocycles. The van der Waals surface area contributed by atoms with E-state index in [0.717, 1.165) is 9.04 Å². The fraction of sp³-hybridized carbons (Fsp3) is 0.0833. The molecule has 2 rings (SSSR count). The molecule has 0 unspecified atom stereocenters. The van der Waals surface area contributed by atoms with Gasteiger partial charge in [-0.25, -0.2) is 4.79 Å². The van der Waals surface area contributed by atoms with Crippen LogP contribution in [0.15, 0.2) is 50.6 Å². The maximum Gasteiger partial charge on any atom is 0.328 e. The number of hydrogen-bond donors (Lipinski definition) is 1. The number of carbonyl (C=O) groups is 1. The number of rotatable bonds is 3. The van der Waals surface area contributed by atoms with E-state index in [4.69, 9.17) is 0 Å². The monoisotopic (exact) mass is 308 g/mol. The molecule has 0 bridgehead atoms. The minimum Gasteiger partial charge on any atom is -0.293 e. The predicted molar refractivity (Wildman–Crippen MR) is 69.8 cm³/mol. The van der Waals surface area contributed by atoms with Crippen LogP contribution < -0.4 is 11.2 Å². The molecular formula is C12H9BrN2O3. The number of halogens is 1. The number of ketones is 1. The first-order valence-corrected chi connectivity index (χ1v) is 5.94. The third-order valence-electron chi connectivity index (χ3n) is 2.36. The second-order valence-electron chi connectivity index (χ2n) is 3.67. The zero-order valence-corrected chi connectivity index (χ0v) is 10.8. The molecular weight excluding hydrogens is 300 g/mol. The average molecular weight is 309 g/mol. The van der Waals surface area contributed by atoms with E-state index in [1.807, 2.05) is 6.07 Å². The van der Waals surface area contributed by atoms with E-state index >= 15 is 0 Å². The fourth-order valence-corrected chi connectivity index (χ4v) is 1.88. The molecule has 6 heteroatoms. The van der Waals surface area contributed by atoms with Crippen LogP contribution in [0.25, 0.3) is 0 Å². The highest BCUT2D eigenvalue weighted by molar-refractivity contribution is 9.10. The number of aromatic amines is 1. The van der Waals surface area contributed by atoms with Crippen molar-refractivity contribution in [3.63, 3.8) is 0 Å². The molecule has 1 aromatic carbocycles. The van der Waals surface area contributed by atoms with E-state index in [2.05, 4.69) is 20.9 Å². The first-order chi connectivity index (χ1) is 8.56. The van der Waals surface area contributed by atoms with E-state index in [-0.39, 0.29) is 12.3 Å². The maximum absolute atomic E-state index is 11.9. The summed E-state index contributed by atoms with van der Waals surface area (Å²) in [4.78, 5) is 36.3. The molecule has 0 amide bonds. The van der Waals surface area contributed by atoms with Gasteiger partial charge in [0.2, 0.25) is 0 Å². The summed E-state index contributed by atoms with van der Waals surface area (Å²) in [5.41, 5.74) is -0.570. The van der Waals surface area contributed by atoms with Crippen molar-refractivity contribution < 1.29 is 4.79 Å². The summed E-state index contributed by atoms with van der Waals surface area (Å²) < 4.78 is 1.95. The van der Waals surface area contributed by atoms with Crippen molar-refractivity contribution in [1.29, 1.82) is 0 Å². The molecule has 1 aromatic heterocycles. The normalized spacial score (nSPS) is 10.3. The Hall–Kier alpha value is -1.95. The summed E-state index contributed by atoms with van der Waals surface area (Å²) in [5.74, 6) is -0.203. The van der Waals surface area contributed by atoms with Gasteiger partial charge in [-0.05, 0) is 12.1 Å². The second-order valence-corrected chi connectivity index (χ2v) is 4.59. The number of nitrogens with one attached hydrogen (secondary N) is 1. The second kappa shape index (κ2) is 5.14. The van der Waals surface area contributed by atoms with E-state index in [1.54, 1.807) is 18.2 Å². The molecule has 1 N–H and O–H groups in total. The Bertz CT molecular complexity index is 703. The van der Waals surface area contributed by atoms with Gasteiger partial charge in [0, 0.05) is 22.3 Å². The van der Waals surface area contributed by atoms with Crippen LogP contribution >= 0.6 is 15.9 Å².